The van der Waals surface area contributed by atoms with Gasteiger partial charge >= 0.3 is 0 Å². The average Bonchev–Trinajstić information content (AvgIpc) is 2.44. The first-order valence-electron chi connectivity index (χ1n) is 6.57. The van der Waals surface area contributed by atoms with Crippen LogP contribution in [0.15, 0.2) is 18.5 Å². The van der Waals surface area contributed by atoms with Gasteiger partial charge in [-0.3, -0.25) is 9.78 Å². The Morgan fingerprint density at radius 2 is 2.00 bits per heavy atom. The highest BCUT2D eigenvalue weighted by molar-refractivity contribution is 5.94. The summed E-state index contributed by atoms with van der Waals surface area (Å²) in [5.74, 6) is 5.30. The third kappa shape index (κ3) is 4.72. The van der Waals surface area contributed by atoms with Crippen LogP contribution in [0.3, 0.4) is 0 Å². The smallest absolute Gasteiger partial charge is 0.255 e. The molecular weight excluding hydrogens is 240 g/mol. The van der Waals surface area contributed by atoms with Gasteiger partial charge in [-0.15, -0.1) is 0 Å². The summed E-state index contributed by atoms with van der Waals surface area (Å²) in [6, 6.07) is 1.72. The van der Waals surface area contributed by atoms with Crippen LogP contribution in [0.5, 0.6) is 0 Å². The van der Waals surface area contributed by atoms with E-state index in [1.165, 1.54) is 0 Å². The predicted octanol–water partition coefficient (Wildman–Crippen LogP) is 1.69. The molecule has 1 rings (SSSR count). The zero-order valence-electron chi connectivity index (χ0n) is 11.5. The summed E-state index contributed by atoms with van der Waals surface area (Å²) < 4.78 is 0. The van der Waals surface area contributed by atoms with Crippen LogP contribution in [0.1, 0.15) is 42.6 Å². The molecule has 102 valence electrons. The number of hydrogen-bond donors (Lipinski definition) is 1. The molecule has 0 aliphatic rings. The molecule has 0 unspecified atom stereocenters. The van der Waals surface area contributed by atoms with E-state index in [0.29, 0.717) is 11.1 Å². The Bertz CT molecular complexity index is 469. The van der Waals surface area contributed by atoms with Gasteiger partial charge in [0.15, 0.2) is 0 Å². The molecule has 0 atom stereocenters. The van der Waals surface area contributed by atoms with Crippen LogP contribution in [-0.4, -0.2) is 40.6 Å². The molecule has 0 aromatic carbocycles. The van der Waals surface area contributed by atoms with Gasteiger partial charge in [-0.1, -0.05) is 25.7 Å². The molecule has 0 saturated carbocycles. The van der Waals surface area contributed by atoms with Gasteiger partial charge in [0, 0.05) is 31.0 Å². The van der Waals surface area contributed by atoms with Crippen molar-refractivity contribution in [3.63, 3.8) is 0 Å². The molecule has 0 spiro atoms. The number of hydrogen-bond acceptors (Lipinski definition) is 3. The van der Waals surface area contributed by atoms with Crippen LogP contribution in [0.2, 0.25) is 0 Å². The molecule has 1 aromatic heterocycles. The second-order valence-electron chi connectivity index (χ2n) is 4.21. The summed E-state index contributed by atoms with van der Waals surface area (Å²) in [5.41, 5.74) is 1.19. The molecule has 1 N–H and O–H groups in total. The van der Waals surface area contributed by atoms with Crippen molar-refractivity contribution in [3.05, 3.63) is 29.6 Å². The Hall–Kier alpha value is -1.86. The summed E-state index contributed by atoms with van der Waals surface area (Å²) in [5, 5.41) is 8.67. The second-order valence-corrected chi connectivity index (χ2v) is 4.21. The van der Waals surface area contributed by atoms with E-state index >= 15 is 0 Å². The van der Waals surface area contributed by atoms with E-state index in [0.717, 1.165) is 25.9 Å². The molecule has 0 fully saturated rings. The molecule has 0 aliphatic heterocycles. The van der Waals surface area contributed by atoms with E-state index in [4.69, 9.17) is 5.11 Å². The van der Waals surface area contributed by atoms with Gasteiger partial charge < -0.3 is 10.0 Å². The summed E-state index contributed by atoms with van der Waals surface area (Å²) in [4.78, 5) is 18.2. The number of aliphatic hydroxyl groups is 1. The van der Waals surface area contributed by atoms with Crippen molar-refractivity contribution in [2.75, 3.05) is 19.7 Å². The van der Waals surface area contributed by atoms with Crippen molar-refractivity contribution in [2.24, 2.45) is 0 Å². The molecule has 1 aromatic rings. The zero-order chi connectivity index (χ0) is 14.1. The molecule has 0 saturated heterocycles. The highest BCUT2D eigenvalue weighted by atomic mass is 16.2. The van der Waals surface area contributed by atoms with Crippen LogP contribution in [-0.2, 0) is 0 Å². The minimum Gasteiger partial charge on any atom is -0.384 e. The Morgan fingerprint density at radius 1 is 1.32 bits per heavy atom. The van der Waals surface area contributed by atoms with E-state index < -0.39 is 0 Å². The maximum absolute atomic E-state index is 12.3. The highest BCUT2D eigenvalue weighted by Crippen LogP contribution is 2.07. The molecule has 0 bridgehead atoms. The van der Waals surface area contributed by atoms with Crippen molar-refractivity contribution in [1.29, 1.82) is 0 Å². The number of aromatic nitrogens is 1. The Labute approximate surface area is 114 Å². The maximum atomic E-state index is 12.3. The minimum absolute atomic E-state index is 0.0103. The largest absolute Gasteiger partial charge is 0.384 e. The van der Waals surface area contributed by atoms with Crippen LogP contribution in [0.25, 0.3) is 0 Å². The summed E-state index contributed by atoms with van der Waals surface area (Å²) >= 11 is 0. The summed E-state index contributed by atoms with van der Waals surface area (Å²) in [7, 11) is 0. The van der Waals surface area contributed by atoms with Gasteiger partial charge in [-0.2, -0.15) is 0 Å². The van der Waals surface area contributed by atoms with Crippen LogP contribution in [0, 0.1) is 11.8 Å². The van der Waals surface area contributed by atoms with Gasteiger partial charge in [-0.05, 0) is 18.9 Å². The SMILES string of the molecule is CCCN(CCC)C(=O)c1cncc(C#CCO)c1. The molecule has 1 heterocycles. The number of amides is 1. The third-order valence-electron chi connectivity index (χ3n) is 2.57. The molecule has 1 amide bonds. The number of pyridine rings is 1. The first kappa shape index (κ1) is 15.2. The Morgan fingerprint density at radius 3 is 2.58 bits per heavy atom. The van der Waals surface area contributed by atoms with Crippen molar-refractivity contribution in [1.82, 2.24) is 9.88 Å². The zero-order valence-corrected chi connectivity index (χ0v) is 11.5. The number of rotatable bonds is 5. The lowest BCUT2D eigenvalue weighted by Crippen LogP contribution is -2.32. The lowest BCUT2D eigenvalue weighted by molar-refractivity contribution is 0.0755. The van der Waals surface area contributed by atoms with E-state index in [1.54, 1.807) is 18.5 Å². The topological polar surface area (TPSA) is 53.4 Å². The van der Waals surface area contributed by atoms with Crippen LogP contribution in [0.4, 0.5) is 0 Å². The predicted molar refractivity (Wildman–Crippen MR) is 74.7 cm³/mol. The first-order chi connectivity index (χ1) is 9.22. The fourth-order valence-electron chi connectivity index (χ4n) is 1.80. The van der Waals surface area contributed by atoms with Gasteiger partial charge in [0.05, 0.1) is 5.56 Å². The number of carbonyl (C=O) groups excluding carboxylic acids is 1. The molecule has 4 heteroatoms. The van der Waals surface area contributed by atoms with Gasteiger partial charge in [0.25, 0.3) is 5.91 Å². The lowest BCUT2D eigenvalue weighted by atomic mass is 10.1. The highest BCUT2D eigenvalue weighted by Gasteiger charge is 2.14. The second kappa shape index (κ2) is 8.28. The molecule has 4 nitrogen and oxygen atoms in total. The molecule has 0 aliphatic carbocycles. The Kier molecular flexibility index (Phi) is 6.62. The fraction of sp³-hybridized carbons (Fsp3) is 0.467. The van der Waals surface area contributed by atoms with Crippen LogP contribution >= 0.6 is 0 Å². The Balaban J connectivity index is 2.91. The normalized spacial score (nSPS) is 9.63. The summed E-state index contributed by atoms with van der Waals surface area (Å²) in [6.07, 6.45) is 5.01. The number of nitrogens with zero attached hydrogens (tertiary/aromatic N) is 2. The summed E-state index contributed by atoms with van der Waals surface area (Å²) in [6.45, 7) is 5.41. The fourth-order valence-corrected chi connectivity index (χ4v) is 1.80. The van der Waals surface area contributed by atoms with Crippen LogP contribution < -0.4 is 0 Å². The maximum Gasteiger partial charge on any atom is 0.255 e. The standard InChI is InChI=1S/C15H20N2O2/c1-3-7-17(8-4-2)15(19)14-10-13(6-5-9-18)11-16-12-14/h10-12,18H,3-4,7-9H2,1-2H3. The van der Waals surface area contributed by atoms with Crippen molar-refractivity contribution >= 4 is 5.91 Å². The first-order valence-corrected chi connectivity index (χ1v) is 6.57. The lowest BCUT2D eigenvalue weighted by Gasteiger charge is -2.21. The van der Waals surface area contributed by atoms with Crippen molar-refractivity contribution < 1.29 is 9.90 Å². The monoisotopic (exact) mass is 260 g/mol. The van der Waals surface area contributed by atoms with Gasteiger partial charge in [-0.25, -0.2) is 0 Å². The van der Waals surface area contributed by atoms with Crippen molar-refractivity contribution in [2.45, 2.75) is 26.7 Å². The molecule has 19 heavy (non-hydrogen) atoms. The average molecular weight is 260 g/mol. The molecular formula is C15H20N2O2. The third-order valence-corrected chi connectivity index (χ3v) is 2.57. The van der Waals surface area contributed by atoms with E-state index in [-0.39, 0.29) is 12.5 Å². The molecule has 0 radical (unpaired) electrons. The number of aliphatic hydroxyl groups excluding tert-OH is 1. The van der Waals surface area contributed by atoms with Gasteiger partial charge in [0.2, 0.25) is 0 Å². The van der Waals surface area contributed by atoms with E-state index in [9.17, 15) is 4.79 Å². The quantitative estimate of drug-likeness (QED) is 0.820. The van der Waals surface area contributed by atoms with E-state index in [2.05, 4.69) is 30.7 Å². The van der Waals surface area contributed by atoms with Crippen molar-refractivity contribution in [3.8, 4) is 11.8 Å². The number of carbonyl (C=O) groups is 1. The minimum atomic E-state index is -0.198. The van der Waals surface area contributed by atoms with E-state index in [1.807, 2.05) is 4.90 Å². The van der Waals surface area contributed by atoms with Gasteiger partial charge in [0.1, 0.15) is 6.61 Å².